The van der Waals surface area contributed by atoms with Crippen molar-refractivity contribution in [1.29, 1.82) is 0 Å². The van der Waals surface area contributed by atoms with Crippen molar-refractivity contribution in [3.63, 3.8) is 0 Å². The van der Waals surface area contributed by atoms with Gasteiger partial charge in [0.15, 0.2) is 6.61 Å². The zero-order chi connectivity index (χ0) is 18.5. The summed E-state index contributed by atoms with van der Waals surface area (Å²) in [7, 11) is 0. The minimum Gasteiger partial charge on any atom is -0.484 e. The molecule has 1 atom stereocenters. The molecule has 1 saturated heterocycles. The van der Waals surface area contributed by atoms with Gasteiger partial charge in [0.2, 0.25) is 0 Å². The second kappa shape index (κ2) is 7.99. The maximum Gasteiger partial charge on any atom is 0.335 e. The second-order valence-electron chi connectivity index (χ2n) is 6.44. The van der Waals surface area contributed by atoms with Crippen LogP contribution in [0.1, 0.15) is 22.3 Å². The monoisotopic (exact) mass is 357 g/mol. The van der Waals surface area contributed by atoms with E-state index in [1.54, 1.807) is 17.0 Å². The molecule has 2 aromatic rings. The zero-order valence-corrected chi connectivity index (χ0v) is 14.2. The number of rotatable bonds is 6. The molecule has 0 saturated carbocycles. The number of hydrogen-bond donors (Lipinski definition) is 1. The normalized spacial score (nSPS) is 16.5. The minimum absolute atomic E-state index is 0.0638. The molecule has 6 heteroatoms. The Kier molecular flexibility index (Phi) is 5.51. The Morgan fingerprint density at radius 3 is 2.46 bits per heavy atom. The van der Waals surface area contributed by atoms with Gasteiger partial charge in [0, 0.05) is 13.1 Å². The molecule has 1 N–H and O–H groups in total. The first kappa shape index (κ1) is 17.9. The highest BCUT2D eigenvalue weighted by molar-refractivity contribution is 5.87. The van der Waals surface area contributed by atoms with Crippen molar-refractivity contribution in [3.8, 4) is 5.75 Å². The van der Waals surface area contributed by atoms with Crippen LogP contribution in [0.15, 0.2) is 48.5 Å². The van der Waals surface area contributed by atoms with Crippen molar-refractivity contribution in [2.24, 2.45) is 5.92 Å². The van der Waals surface area contributed by atoms with E-state index in [2.05, 4.69) is 0 Å². The maximum absolute atomic E-state index is 12.9. The number of carboxylic acid groups (broad SMARTS) is 1. The van der Waals surface area contributed by atoms with Crippen LogP contribution in [-0.2, 0) is 11.2 Å². The molecule has 1 aliphatic rings. The maximum atomic E-state index is 12.9. The number of ether oxygens (including phenoxy) is 1. The fourth-order valence-corrected chi connectivity index (χ4v) is 3.11. The summed E-state index contributed by atoms with van der Waals surface area (Å²) in [5.41, 5.74) is 1.34. The highest BCUT2D eigenvalue weighted by Crippen LogP contribution is 2.21. The largest absolute Gasteiger partial charge is 0.484 e. The quantitative estimate of drug-likeness (QED) is 0.863. The predicted octanol–water partition coefficient (Wildman–Crippen LogP) is 2.99. The van der Waals surface area contributed by atoms with Gasteiger partial charge in [0.1, 0.15) is 11.6 Å². The molecule has 1 amide bonds. The van der Waals surface area contributed by atoms with Crippen LogP contribution >= 0.6 is 0 Å². The number of nitrogens with zero attached hydrogens (tertiary/aromatic N) is 1. The smallest absolute Gasteiger partial charge is 0.335 e. The lowest BCUT2D eigenvalue weighted by atomic mass is 9.98. The summed E-state index contributed by atoms with van der Waals surface area (Å²) in [5, 5.41) is 8.93. The molecule has 1 fully saturated rings. The van der Waals surface area contributed by atoms with E-state index >= 15 is 0 Å². The number of carboxylic acids is 1. The third-order valence-corrected chi connectivity index (χ3v) is 4.54. The van der Waals surface area contributed by atoms with Crippen LogP contribution < -0.4 is 4.74 Å². The van der Waals surface area contributed by atoms with Gasteiger partial charge in [-0.1, -0.05) is 12.1 Å². The molecule has 0 unspecified atom stereocenters. The molecule has 136 valence electrons. The standard InChI is InChI=1S/C20H20FNO4/c21-17-5-7-18(8-6-17)26-13-19(23)22-10-9-15(12-22)11-14-1-3-16(4-2-14)20(24)25/h1-8,15H,9-13H2,(H,24,25)/t15-/m1/s1. The molecule has 0 radical (unpaired) electrons. The van der Waals surface area contributed by atoms with E-state index < -0.39 is 5.97 Å². The van der Waals surface area contributed by atoms with E-state index in [0.29, 0.717) is 24.8 Å². The summed E-state index contributed by atoms with van der Waals surface area (Å²) in [5.74, 6) is -0.551. The topological polar surface area (TPSA) is 66.8 Å². The number of carbonyl (C=O) groups is 2. The van der Waals surface area contributed by atoms with Gasteiger partial charge >= 0.3 is 5.97 Å². The van der Waals surface area contributed by atoms with Gasteiger partial charge in [0.25, 0.3) is 5.91 Å². The molecule has 5 nitrogen and oxygen atoms in total. The Morgan fingerprint density at radius 2 is 1.81 bits per heavy atom. The van der Waals surface area contributed by atoms with Crippen LogP contribution in [0.4, 0.5) is 4.39 Å². The van der Waals surface area contributed by atoms with E-state index in [0.717, 1.165) is 18.4 Å². The molecule has 0 aromatic heterocycles. The number of amides is 1. The van der Waals surface area contributed by atoms with Crippen LogP contribution in [0.2, 0.25) is 0 Å². The van der Waals surface area contributed by atoms with E-state index in [4.69, 9.17) is 9.84 Å². The Labute approximate surface area is 151 Å². The van der Waals surface area contributed by atoms with E-state index in [1.807, 2.05) is 12.1 Å². The van der Waals surface area contributed by atoms with Crippen LogP contribution in [0.25, 0.3) is 0 Å². The molecule has 0 aliphatic carbocycles. The lowest BCUT2D eigenvalue weighted by Gasteiger charge is -2.17. The number of likely N-dealkylation sites (tertiary alicyclic amines) is 1. The van der Waals surface area contributed by atoms with Crippen molar-refractivity contribution >= 4 is 11.9 Å². The molecule has 0 bridgehead atoms. The highest BCUT2D eigenvalue weighted by Gasteiger charge is 2.26. The molecule has 1 heterocycles. The van der Waals surface area contributed by atoms with Gasteiger partial charge in [-0.3, -0.25) is 4.79 Å². The SMILES string of the molecule is O=C(O)c1ccc(C[C@H]2CCN(C(=O)COc3ccc(F)cc3)C2)cc1. The Morgan fingerprint density at radius 1 is 1.12 bits per heavy atom. The minimum atomic E-state index is -0.935. The molecular weight excluding hydrogens is 337 g/mol. The first-order valence-electron chi connectivity index (χ1n) is 8.49. The summed E-state index contributed by atoms with van der Waals surface area (Å²) >= 11 is 0. The van der Waals surface area contributed by atoms with Crippen LogP contribution in [0, 0.1) is 11.7 Å². The van der Waals surface area contributed by atoms with Crippen molar-refractivity contribution in [3.05, 3.63) is 65.5 Å². The van der Waals surface area contributed by atoms with E-state index in [-0.39, 0.29) is 23.9 Å². The van der Waals surface area contributed by atoms with Crippen molar-refractivity contribution in [1.82, 2.24) is 4.90 Å². The summed E-state index contributed by atoms with van der Waals surface area (Å²) in [6.45, 7) is 1.28. The number of hydrogen-bond acceptors (Lipinski definition) is 3. The molecule has 2 aromatic carbocycles. The first-order valence-corrected chi connectivity index (χ1v) is 8.49. The van der Waals surface area contributed by atoms with E-state index in [9.17, 15) is 14.0 Å². The molecule has 26 heavy (non-hydrogen) atoms. The third kappa shape index (κ3) is 4.59. The van der Waals surface area contributed by atoms with E-state index in [1.165, 1.54) is 24.3 Å². The van der Waals surface area contributed by atoms with Gasteiger partial charge in [-0.15, -0.1) is 0 Å². The predicted molar refractivity (Wildman–Crippen MR) is 93.7 cm³/mol. The Balaban J connectivity index is 1.47. The molecule has 3 rings (SSSR count). The van der Waals surface area contributed by atoms with Gasteiger partial charge in [-0.25, -0.2) is 9.18 Å². The average Bonchev–Trinajstić information content (AvgIpc) is 3.10. The van der Waals surface area contributed by atoms with Crippen molar-refractivity contribution in [2.75, 3.05) is 19.7 Å². The molecule has 1 aliphatic heterocycles. The lowest BCUT2D eigenvalue weighted by Crippen LogP contribution is -2.33. The lowest BCUT2D eigenvalue weighted by molar-refractivity contribution is -0.132. The summed E-state index contributed by atoms with van der Waals surface area (Å²) in [6.07, 6.45) is 1.71. The fraction of sp³-hybridized carbons (Fsp3) is 0.300. The van der Waals surface area contributed by atoms with Crippen molar-refractivity contribution < 1.29 is 23.8 Å². The van der Waals surface area contributed by atoms with Gasteiger partial charge in [-0.05, 0) is 60.7 Å². The number of aromatic carboxylic acids is 1. The summed E-state index contributed by atoms with van der Waals surface area (Å²) < 4.78 is 18.3. The number of halogens is 1. The summed E-state index contributed by atoms with van der Waals surface area (Å²) in [6, 6.07) is 12.4. The number of benzene rings is 2. The Bertz CT molecular complexity index is 773. The van der Waals surface area contributed by atoms with Gasteiger partial charge in [0.05, 0.1) is 5.56 Å². The summed E-state index contributed by atoms with van der Waals surface area (Å²) in [4.78, 5) is 24.9. The van der Waals surface area contributed by atoms with Gasteiger partial charge in [-0.2, -0.15) is 0 Å². The Hall–Kier alpha value is -2.89. The second-order valence-corrected chi connectivity index (χ2v) is 6.44. The average molecular weight is 357 g/mol. The van der Waals surface area contributed by atoms with Crippen LogP contribution in [-0.4, -0.2) is 41.6 Å². The first-order chi connectivity index (χ1) is 12.5. The highest BCUT2D eigenvalue weighted by atomic mass is 19.1. The number of carbonyl (C=O) groups excluding carboxylic acids is 1. The van der Waals surface area contributed by atoms with Crippen LogP contribution in [0.3, 0.4) is 0 Å². The third-order valence-electron chi connectivity index (χ3n) is 4.54. The zero-order valence-electron chi connectivity index (χ0n) is 14.2. The fourth-order valence-electron chi connectivity index (χ4n) is 3.11. The van der Waals surface area contributed by atoms with Crippen LogP contribution in [0.5, 0.6) is 5.75 Å². The van der Waals surface area contributed by atoms with Gasteiger partial charge < -0.3 is 14.7 Å². The van der Waals surface area contributed by atoms with Crippen molar-refractivity contribution in [2.45, 2.75) is 12.8 Å². The molecular formula is C20H20FNO4. The molecule has 0 spiro atoms.